The van der Waals surface area contributed by atoms with E-state index >= 15 is 0 Å². The Morgan fingerprint density at radius 2 is 2.13 bits per heavy atom. The molecule has 15 heavy (non-hydrogen) atoms. The monoisotopic (exact) mass is 213 g/mol. The molecule has 1 aromatic heterocycles. The van der Waals surface area contributed by atoms with Crippen LogP contribution < -0.4 is 5.73 Å². The van der Waals surface area contributed by atoms with Crippen molar-refractivity contribution in [1.29, 1.82) is 0 Å². The molecule has 1 rings (SSSR count). The van der Waals surface area contributed by atoms with Crippen LogP contribution in [-0.2, 0) is 16.0 Å². The third-order valence-electron chi connectivity index (χ3n) is 2.25. The molecular formula is C10H19N3O2. The van der Waals surface area contributed by atoms with Crippen molar-refractivity contribution in [2.75, 3.05) is 14.2 Å². The van der Waals surface area contributed by atoms with Crippen LogP contribution in [0.15, 0.2) is 12.4 Å². The van der Waals surface area contributed by atoms with Crippen LogP contribution >= 0.6 is 0 Å². The lowest BCUT2D eigenvalue weighted by molar-refractivity contribution is -0.117. The molecule has 0 amide bonds. The second kappa shape index (κ2) is 5.85. The molecule has 1 atom stereocenters. The van der Waals surface area contributed by atoms with Gasteiger partial charge in [0.15, 0.2) is 6.29 Å². The van der Waals surface area contributed by atoms with Gasteiger partial charge in [-0.2, -0.15) is 5.10 Å². The van der Waals surface area contributed by atoms with Gasteiger partial charge in [0.2, 0.25) is 0 Å². The maximum absolute atomic E-state index is 5.97. The van der Waals surface area contributed by atoms with Crippen LogP contribution in [0.1, 0.15) is 24.9 Å². The summed E-state index contributed by atoms with van der Waals surface area (Å²) >= 11 is 0. The van der Waals surface area contributed by atoms with Crippen molar-refractivity contribution in [3.63, 3.8) is 0 Å². The van der Waals surface area contributed by atoms with Gasteiger partial charge in [-0.3, -0.25) is 4.68 Å². The van der Waals surface area contributed by atoms with Crippen LogP contribution in [0.5, 0.6) is 0 Å². The molecule has 0 saturated heterocycles. The van der Waals surface area contributed by atoms with Gasteiger partial charge in [0, 0.05) is 32.5 Å². The van der Waals surface area contributed by atoms with E-state index in [0.29, 0.717) is 0 Å². The Bertz CT molecular complexity index is 284. The van der Waals surface area contributed by atoms with Gasteiger partial charge in [-0.25, -0.2) is 0 Å². The highest BCUT2D eigenvalue weighted by atomic mass is 16.7. The van der Waals surface area contributed by atoms with Crippen LogP contribution in [0.4, 0.5) is 0 Å². The van der Waals surface area contributed by atoms with Crippen LogP contribution in [-0.4, -0.2) is 30.3 Å². The number of nitrogens with zero attached hydrogens (tertiary/aromatic N) is 2. The van der Waals surface area contributed by atoms with Gasteiger partial charge in [0.05, 0.1) is 12.2 Å². The summed E-state index contributed by atoms with van der Waals surface area (Å²) in [5.41, 5.74) is 6.89. The summed E-state index contributed by atoms with van der Waals surface area (Å²) in [6.45, 7) is 3.01. The van der Waals surface area contributed by atoms with E-state index < -0.39 is 6.29 Å². The number of aryl methyl sites for hydroxylation is 1. The topological polar surface area (TPSA) is 62.3 Å². The fourth-order valence-corrected chi connectivity index (χ4v) is 1.45. The molecule has 0 aliphatic rings. The third kappa shape index (κ3) is 3.02. The summed E-state index contributed by atoms with van der Waals surface area (Å²) in [6, 6.07) is -0.300. The summed E-state index contributed by atoms with van der Waals surface area (Å²) in [7, 11) is 3.15. The fourth-order valence-electron chi connectivity index (χ4n) is 1.45. The lowest BCUT2D eigenvalue weighted by Crippen LogP contribution is -2.29. The molecule has 0 aliphatic carbocycles. The summed E-state index contributed by atoms with van der Waals surface area (Å²) in [4.78, 5) is 0. The zero-order valence-corrected chi connectivity index (χ0v) is 9.51. The SMILES string of the molecule is CCCn1cc(C(N)C(OC)OC)cn1. The minimum absolute atomic E-state index is 0.300. The van der Waals surface area contributed by atoms with E-state index in [0.717, 1.165) is 18.5 Å². The predicted octanol–water partition coefficient (Wildman–Crippen LogP) is 0.912. The number of hydrogen-bond acceptors (Lipinski definition) is 4. The standard InChI is InChI=1S/C10H19N3O2/c1-4-5-13-7-8(6-12-13)9(11)10(14-2)15-3/h6-7,9-10H,4-5,11H2,1-3H3. The molecule has 0 fully saturated rings. The maximum atomic E-state index is 5.97. The van der Waals surface area contributed by atoms with Crippen LogP contribution in [0.3, 0.4) is 0 Å². The molecule has 0 aliphatic heterocycles. The number of hydrogen-bond donors (Lipinski definition) is 1. The normalized spacial score (nSPS) is 13.4. The molecule has 1 heterocycles. The molecule has 2 N–H and O–H groups in total. The van der Waals surface area contributed by atoms with E-state index in [1.807, 2.05) is 10.9 Å². The molecule has 1 aromatic rings. The zero-order valence-electron chi connectivity index (χ0n) is 9.51. The molecule has 5 heteroatoms. The third-order valence-corrected chi connectivity index (χ3v) is 2.25. The summed E-state index contributed by atoms with van der Waals surface area (Å²) < 4.78 is 12.1. The van der Waals surface area contributed by atoms with Gasteiger partial charge < -0.3 is 15.2 Å². The summed E-state index contributed by atoms with van der Waals surface area (Å²) in [6.07, 6.45) is 4.31. The van der Waals surface area contributed by atoms with Gasteiger partial charge in [-0.15, -0.1) is 0 Å². The van der Waals surface area contributed by atoms with Gasteiger partial charge in [-0.1, -0.05) is 6.92 Å². The van der Waals surface area contributed by atoms with Crippen LogP contribution in [0.25, 0.3) is 0 Å². The van der Waals surface area contributed by atoms with E-state index in [1.165, 1.54) is 0 Å². The van der Waals surface area contributed by atoms with E-state index in [1.54, 1.807) is 20.4 Å². The molecule has 0 radical (unpaired) electrons. The first-order chi connectivity index (χ1) is 7.22. The lowest BCUT2D eigenvalue weighted by Gasteiger charge is -2.19. The number of nitrogens with two attached hydrogens (primary N) is 1. The van der Waals surface area contributed by atoms with Gasteiger partial charge in [-0.05, 0) is 6.42 Å². The van der Waals surface area contributed by atoms with Crippen molar-refractivity contribution >= 4 is 0 Å². The summed E-state index contributed by atoms with van der Waals surface area (Å²) in [5.74, 6) is 0. The molecule has 5 nitrogen and oxygen atoms in total. The average Bonchev–Trinajstić information content (AvgIpc) is 2.68. The molecule has 0 spiro atoms. The van der Waals surface area contributed by atoms with Crippen molar-refractivity contribution < 1.29 is 9.47 Å². The summed E-state index contributed by atoms with van der Waals surface area (Å²) in [5, 5.41) is 4.20. The fraction of sp³-hybridized carbons (Fsp3) is 0.700. The number of ether oxygens (including phenoxy) is 2. The first kappa shape index (κ1) is 12.2. The highest BCUT2D eigenvalue weighted by Gasteiger charge is 2.19. The van der Waals surface area contributed by atoms with E-state index in [2.05, 4.69) is 12.0 Å². The van der Waals surface area contributed by atoms with Crippen molar-refractivity contribution in [3.8, 4) is 0 Å². The Hall–Kier alpha value is -0.910. The second-order valence-corrected chi connectivity index (χ2v) is 3.40. The smallest absolute Gasteiger partial charge is 0.176 e. The van der Waals surface area contributed by atoms with Gasteiger partial charge >= 0.3 is 0 Å². The first-order valence-corrected chi connectivity index (χ1v) is 5.06. The van der Waals surface area contributed by atoms with Gasteiger partial charge in [0.25, 0.3) is 0 Å². The van der Waals surface area contributed by atoms with E-state index in [9.17, 15) is 0 Å². The Balaban J connectivity index is 2.68. The number of methoxy groups -OCH3 is 2. The highest BCUT2D eigenvalue weighted by Crippen LogP contribution is 2.16. The first-order valence-electron chi connectivity index (χ1n) is 5.06. The van der Waals surface area contributed by atoms with Crippen molar-refractivity contribution in [2.45, 2.75) is 32.2 Å². The highest BCUT2D eigenvalue weighted by molar-refractivity contribution is 5.10. The Labute approximate surface area is 90.2 Å². The maximum Gasteiger partial charge on any atom is 0.176 e. The molecule has 1 unspecified atom stereocenters. The van der Waals surface area contributed by atoms with Crippen molar-refractivity contribution in [1.82, 2.24) is 9.78 Å². The average molecular weight is 213 g/mol. The lowest BCUT2D eigenvalue weighted by atomic mass is 10.2. The Kier molecular flexibility index (Phi) is 4.74. The van der Waals surface area contributed by atoms with Crippen molar-refractivity contribution in [2.24, 2.45) is 5.73 Å². The Morgan fingerprint density at radius 1 is 1.47 bits per heavy atom. The quantitative estimate of drug-likeness (QED) is 0.713. The van der Waals surface area contributed by atoms with E-state index in [-0.39, 0.29) is 6.04 Å². The zero-order chi connectivity index (χ0) is 11.3. The predicted molar refractivity (Wildman–Crippen MR) is 57.3 cm³/mol. The van der Waals surface area contributed by atoms with Crippen LogP contribution in [0.2, 0.25) is 0 Å². The molecule has 0 saturated carbocycles. The molecule has 86 valence electrons. The molecular weight excluding hydrogens is 194 g/mol. The molecule has 0 bridgehead atoms. The largest absolute Gasteiger partial charge is 0.354 e. The minimum Gasteiger partial charge on any atom is -0.354 e. The van der Waals surface area contributed by atoms with Crippen LogP contribution in [0, 0.1) is 0 Å². The Morgan fingerprint density at radius 3 is 2.67 bits per heavy atom. The second-order valence-electron chi connectivity index (χ2n) is 3.40. The number of aromatic nitrogens is 2. The van der Waals surface area contributed by atoms with Crippen molar-refractivity contribution in [3.05, 3.63) is 18.0 Å². The number of rotatable bonds is 6. The van der Waals surface area contributed by atoms with Gasteiger partial charge in [0.1, 0.15) is 0 Å². The minimum atomic E-state index is -0.427. The molecule has 0 aromatic carbocycles. The van der Waals surface area contributed by atoms with E-state index in [4.69, 9.17) is 15.2 Å².